The highest BCUT2D eigenvalue weighted by atomic mass is 32.2. The van der Waals surface area contributed by atoms with Crippen LogP contribution in [0.25, 0.3) is 0 Å². The fraction of sp³-hybridized carbons (Fsp3) is 0.800. The molecule has 1 aromatic heterocycles. The Morgan fingerprint density at radius 2 is 2.35 bits per heavy atom. The SMILES string of the molecule is CCNCc1ncnn1C1(C)CCS(=O)(=O)C1. The Morgan fingerprint density at radius 1 is 1.59 bits per heavy atom. The van der Waals surface area contributed by atoms with Gasteiger partial charge < -0.3 is 5.32 Å². The summed E-state index contributed by atoms with van der Waals surface area (Å²) in [5.41, 5.74) is -0.444. The molecule has 17 heavy (non-hydrogen) atoms. The molecule has 7 heteroatoms. The van der Waals surface area contributed by atoms with Gasteiger partial charge in [-0.2, -0.15) is 5.10 Å². The Hall–Kier alpha value is -0.950. The first-order chi connectivity index (χ1) is 7.97. The van der Waals surface area contributed by atoms with Gasteiger partial charge in [-0.1, -0.05) is 6.92 Å². The largest absolute Gasteiger partial charge is 0.310 e. The highest BCUT2D eigenvalue weighted by molar-refractivity contribution is 7.91. The zero-order valence-corrected chi connectivity index (χ0v) is 11.0. The molecule has 6 nitrogen and oxygen atoms in total. The van der Waals surface area contributed by atoms with Gasteiger partial charge in [-0.25, -0.2) is 18.1 Å². The molecule has 0 aromatic carbocycles. The summed E-state index contributed by atoms with van der Waals surface area (Å²) in [4.78, 5) is 4.19. The Morgan fingerprint density at radius 3 is 2.94 bits per heavy atom. The van der Waals surface area contributed by atoms with E-state index in [1.54, 1.807) is 4.68 Å². The summed E-state index contributed by atoms with van der Waals surface area (Å²) in [6.45, 7) is 5.41. The highest BCUT2D eigenvalue weighted by Gasteiger charge is 2.41. The summed E-state index contributed by atoms with van der Waals surface area (Å²) in [7, 11) is -2.93. The molecule has 1 atom stereocenters. The number of hydrogen-bond donors (Lipinski definition) is 1. The third-order valence-electron chi connectivity index (χ3n) is 3.15. The van der Waals surface area contributed by atoms with Crippen molar-refractivity contribution in [2.45, 2.75) is 32.4 Å². The molecule has 0 bridgehead atoms. The summed E-state index contributed by atoms with van der Waals surface area (Å²) >= 11 is 0. The topological polar surface area (TPSA) is 76.9 Å². The van der Waals surface area contributed by atoms with Crippen molar-refractivity contribution in [3.63, 3.8) is 0 Å². The Balaban J connectivity index is 2.25. The van der Waals surface area contributed by atoms with Gasteiger partial charge in [0.15, 0.2) is 9.84 Å². The van der Waals surface area contributed by atoms with Gasteiger partial charge in [0.05, 0.1) is 23.6 Å². The van der Waals surface area contributed by atoms with Gasteiger partial charge in [0, 0.05) is 0 Å². The number of rotatable bonds is 4. The van der Waals surface area contributed by atoms with E-state index in [0.29, 0.717) is 13.0 Å². The molecule has 1 fully saturated rings. The first-order valence-electron chi connectivity index (χ1n) is 5.77. The molecule has 1 unspecified atom stereocenters. The first-order valence-corrected chi connectivity index (χ1v) is 7.59. The molecular weight excluding hydrogens is 240 g/mol. The van der Waals surface area contributed by atoms with Crippen LogP contribution in [0.4, 0.5) is 0 Å². The van der Waals surface area contributed by atoms with Crippen LogP contribution < -0.4 is 5.32 Å². The standard InChI is InChI=1S/C10H18N4O2S/c1-3-11-6-9-12-8-13-14(9)10(2)4-5-17(15,16)7-10/h8,11H,3-7H2,1-2H3. The van der Waals surface area contributed by atoms with Crippen molar-refractivity contribution in [2.24, 2.45) is 0 Å². The lowest BCUT2D eigenvalue weighted by Crippen LogP contribution is -2.35. The van der Waals surface area contributed by atoms with Crippen molar-refractivity contribution >= 4 is 9.84 Å². The maximum absolute atomic E-state index is 11.6. The van der Waals surface area contributed by atoms with Gasteiger partial charge in [-0.3, -0.25) is 0 Å². The lowest BCUT2D eigenvalue weighted by atomic mass is 10.0. The number of hydrogen-bond acceptors (Lipinski definition) is 5. The summed E-state index contributed by atoms with van der Waals surface area (Å²) in [5, 5.41) is 7.37. The molecule has 1 saturated heterocycles. The van der Waals surface area contributed by atoms with Crippen LogP contribution in [0.1, 0.15) is 26.1 Å². The van der Waals surface area contributed by atoms with Crippen molar-refractivity contribution in [1.82, 2.24) is 20.1 Å². The van der Waals surface area contributed by atoms with E-state index >= 15 is 0 Å². The summed E-state index contributed by atoms with van der Waals surface area (Å²) in [5.74, 6) is 1.19. The third kappa shape index (κ3) is 2.50. The quantitative estimate of drug-likeness (QED) is 0.817. The van der Waals surface area contributed by atoms with Crippen molar-refractivity contribution in [3.8, 4) is 0 Å². The van der Waals surface area contributed by atoms with E-state index < -0.39 is 15.4 Å². The van der Waals surface area contributed by atoms with Gasteiger partial charge in [-0.05, 0) is 19.9 Å². The smallest absolute Gasteiger partial charge is 0.152 e. The molecule has 96 valence electrons. The van der Waals surface area contributed by atoms with E-state index in [1.165, 1.54) is 6.33 Å². The second-order valence-corrected chi connectivity index (χ2v) is 6.89. The monoisotopic (exact) mass is 258 g/mol. The third-order valence-corrected chi connectivity index (χ3v) is 5.03. The van der Waals surface area contributed by atoms with Gasteiger partial charge in [0.1, 0.15) is 12.2 Å². The van der Waals surface area contributed by atoms with Gasteiger partial charge in [0.2, 0.25) is 0 Å². The summed E-state index contributed by atoms with van der Waals surface area (Å²) in [6, 6.07) is 0. The summed E-state index contributed by atoms with van der Waals surface area (Å²) < 4.78 is 24.9. The van der Waals surface area contributed by atoms with Crippen LogP contribution in [-0.4, -0.2) is 41.2 Å². The van der Waals surface area contributed by atoms with Gasteiger partial charge in [-0.15, -0.1) is 0 Å². The fourth-order valence-corrected chi connectivity index (χ4v) is 4.34. The van der Waals surface area contributed by atoms with Crippen LogP contribution in [0, 0.1) is 0 Å². The molecule has 1 aromatic rings. The molecule has 0 amide bonds. The van der Waals surface area contributed by atoms with Crippen LogP contribution in [0.2, 0.25) is 0 Å². The molecule has 1 aliphatic heterocycles. The van der Waals surface area contributed by atoms with E-state index in [1.807, 2.05) is 13.8 Å². The fourth-order valence-electron chi connectivity index (χ4n) is 2.23. The lowest BCUT2D eigenvalue weighted by Gasteiger charge is -2.24. The van der Waals surface area contributed by atoms with Crippen LogP contribution in [0.3, 0.4) is 0 Å². The minimum Gasteiger partial charge on any atom is -0.310 e. The molecule has 0 radical (unpaired) electrons. The Labute approximate surface area is 101 Å². The van der Waals surface area contributed by atoms with E-state index in [2.05, 4.69) is 15.4 Å². The van der Waals surface area contributed by atoms with Crippen LogP contribution in [0.5, 0.6) is 0 Å². The molecule has 0 aliphatic carbocycles. The van der Waals surface area contributed by atoms with Crippen LogP contribution >= 0.6 is 0 Å². The molecule has 0 saturated carbocycles. The molecule has 2 rings (SSSR count). The van der Waals surface area contributed by atoms with Crippen molar-refractivity contribution < 1.29 is 8.42 Å². The zero-order chi connectivity index (χ0) is 12.5. The second-order valence-electron chi connectivity index (χ2n) is 4.71. The first kappa shape index (κ1) is 12.5. The predicted octanol–water partition coefficient (Wildman–Crippen LogP) is -0.0787. The Kier molecular flexibility index (Phi) is 3.22. The number of nitrogens with zero attached hydrogens (tertiary/aromatic N) is 3. The highest BCUT2D eigenvalue weighted by Crippen LogP contribution is 2.30. The van der Waals surface area contributed by atoms with Crippen molar-refractivity contribution in [3.05, 3.63) is 12.2 Å². The average Bonchev–Trinajstić information content (AvgIpc) is 2.81. The summed E-state index contributed by atoms with van der Waals surface area (Å²) in [6.07, 6.45) is 2.10. The van der Waals surface area contributed by atoms with E-state index in [-0.39, 0.29) is 11.5 Å². The predicted molar refractivity (Wildman–Crippen MR) is 64.3 cm³/mol. The lowest BCUT2D eigenvalue weighted by molar-refractivity contribution is 0.313. The van der Waals surface area contributed by atoms with E-state index in [0.717, 1.165) is 12.4 Å². The number of aromatic nitrogens is 3. The average molecular weight is 258 g/mol. The normalized spacial score (nSPS) is 27.4. The van der Waals surface area contributed by atoms with Crippen LogP contribution in [-0.2, 0) is 21.9 Å². The molecule has 2 heterocycles. The number of sulfone groups is 1. The maximum atomic E-state index is 11.6. The van der Waals surface area contributed by atoms with Crippen LogP contribution in [0.15, 0.2) is 6.33 Å². The molecule has 0 spiro atoms. The van der Waals surface area contributed by atoms with E-state index in [4.69, 9.17) is 0 Å². The second kappa shape index (κ2) is 4.38. The Bertz CT molecular complexity index is 496. The van der Waals surface area contributed by atoms with Crippen molar-refractivity contribution in [1.29, 1.82) is 0 Å². The minimum absolute atomic E-state index is 0.155. The maximum Gasteiger partial charge on any atom is 0.152 e. The molecule has 1 N–H and O–H groups in total. The number of nitrogens with one attached hydrogen (secondary N) is 1. The zero-order valence-electron chi connectivity index (χ0n) is 10.2. The molecular formula is C10H18N4O2S. The minimum atomic E-state index is -2.93. The van der Waals surface area contributed by atoms with Crippen molar-refractivity contribution in [2.75, 3.05) is 18.1 Å². The van der Waals surface area contributed by atoms with Gasteiger partial charge in [0.25, 0.3) is 0 Å². The van der Waals surface area contributed by atoms with E-state index in [9.17, 15) is 8.42 Å². The van der Waals surface area contributed by atoms with Gasteiger partial charge >= 0.3 is 0 Å². The molecule has 1 aliphatic rings.